The van der Waals surface area contributed by atoms with Gasteiger partial charge < -0.3 is 45.2 Å². The van der Waals surface area contributed by atoms with E-state index in [-0.39, 0.29) is 75.8 Å². The van der Waals surface area contributed by atoms with Gasteiger partial charge in [-0.25, -0.2) is 0 Å². The van der Waals surface area contributed by atoms with Gasteiger partial charge in [-0.2, -0.15) is 5.48 Å². The van der Waals surface area contributed by atoms with Crippen LogP contribution in [0.4, 0.5) is 0 Å². The number of ether oxygens (including phenoxy) is 4. The molecule has 1 atom stereocenters. The molecule has 15 nitrogen and oxygen atoms in total. The van der Waals surface area contributed by atoms with Crippen LogP contribution in [0.1, 0.15) is 122 Å². The summed E-state index contributed by atoms with van der Waals surface area (Å²) in [6.45, 7) is 3.75. The summed E-state index contributed by atoms with van der Waals surface area (Å²) in [4.78, 5) is 57.3. The van der Waals surface area contributed by atoms with Crippen molar-refractivity contribution >= 4 is 29.5 Å². The molecule has 15 heteroatoms. The van der Waals surface area contributed by atoms with E-state index in [4.69, 9.17) is 24.1 Å². The molecule has 0 spiro atoms. The molecule has 1 unspecified atom stereocenters. The number of carbonyl (C=O) groups excluding carboxylic acids is 4. The monoisotopic (exact) mass is 718 g/mol. The van der Waals surface area contributed by atoms with E-state index in [0.717, 1.165) is 38.5 Å². The van der Waals surface area contributed by atoms with E-state index in [9.17, 15) is 29.2 Å². The molecule has 50 heavy (non-hydrogen) atoms. The summed E-state index contributed by atoms with van der Waals surface area (Å²) in [7, 11) is 0. The number of Topliss-reactive ketones (excluding diaryl/α,β-unsaturated/α-hetero) is 1. The maximum absolute atomic E-state index is 12.2. The molecular formula is C35H66N4O11. The third kappa shape index (κ3) is 36.6. The van der Waals surface area contributed by atoms with E-state index in [2.05, 4.69) is 21.4 Å². The fourth-order valence-corrected chi connectivity index (χ4v) is 4.88. The van der Waals surface area contributed by atoms with Crippen LogP contribution >= 0.6 is 0 Å². The molecule has 0 aliphatic carbocycles. The fraction of sp³-hybridized carbons (Fsp3) is 0.857. The smallest absolute Gasteiger partial charge is 0.303 e. The number of nitrogens with one attached hydrogen (secondary N) is 4. The van der Waals surface area contributed by atoms with Crippen molar-refractivity contribution in [2.45, 2.75) is 129 Å². The number of unbranched alkanes of at least 4 members (excludes halogenated alkanes) is 13. The molecule has 0 aromatic heterocycles. The molecule has 0 aromatic carbocycles. The number of carboxylic acids is 1. The van der Waals surface area contributed by atoms with E-state index >= 15 is 0 Å². The van der Waals surface area contributed by atoms with Gasteiger partial charge in [-0.1, -0.05) is 77.0 Å². The molecule has 0 rings (SSSR count). The van der Waals surface area contributed by atoms with Gasteiger partial charge in [0.2, 0.25) is 17.7 Å². The topological polar surface area (TPSA) is 211 Å². The molecule has 0 radical (unpaired) electrons. The van der Waals surface area contributed by atoms with E-state index in [1.165, 1.54) is 58.3 Å². The van der Waals surface area contributed by atoms with Crippen LogP contribution in [0.5, 0.6) is 0 Å². The second-order valence-corrected chi connectivity index (χ2v) is 12.4. The summed E-state index contributed by atoms with van der Waals surface area (Å²) in [6.07, 6.45) is 15.9. The van der Waals surface area contributed by atoms with Gasteiger partial charge in [0.25, 0.3) is 0 Å². The first-order chi connectivity index (χ1) is 24.2. The van der Waals surface area contributed by atoms with Gasteiger partial charge in [0.1, 0.15) is 19.4 Å². The normalized spacial score (nSPS) is 11.6. The summed E-state index contributed by atoms with van der Waals surface area (Å²) in [5.41, 5.74) is 2.06. The number of hydrogen-bond acceptors (Lipinski definition) is 11. The van der Waals surface area contributed by atoms with Crippen LogP contribution in [0.25, 0.3) is 0 Å². The van der Waals surface area contributed by atoms with Crippen LogP contribution in [-0.4, -0.2) is 112 Å². The summed E-state index contributed by atoms with van der Waals surface area (Å²) in [6, 6.07) is 0. The van der Waals surface area contributed by atoms with Crippen molar-refractivity contribution in [3.05, 3.63) is 0 Å². The average molecular weight is 719 g/mol. The Morgan fingerprint density at radius 2 is 0.960 bits per heavy atom. The van der Waals surface area contributed by atoms with Gasteiger partial charge in [0.15, 0.2) is 5.78 Å². The van der Waals surface area contributed by atoms with E-state index in [1.807, 2.05) is 0 Å². The summed E-state index contributed by atoms with van der Waals surface area (Å²) >= 11 is 0. The minimum atomic E-state index is -0.707. The lowest BCUT2D eigenvalue weighted by atomic mass is 10.0. The highest BCUT2D eigenvalue weighted by Gasteiger charge is 2.13. The molecule has 0 aliphatic heterocycles. The molecule has 3 amide bonds. The highest BCUT2D eigenvalue weighted by molar-refractivity contribution is 5.78. The minimum Gasteiger partial charge on any atom is -0.481 e. The number of hydrogen-bond donors (Lipinski definition) is 6. The lowest BCUT2D eigenvalue weighted by molar-refractivity contribution is -0.137. The Bertz CT molecular complexity index is 880. The van der Waals surface area contributed by atoms with E-state index in [0.29, 0.717) is 39.3 Å². The highest BCUT2D eigenvalue weighted by Crippen LogP contribution is 2.14. The number of ketones is 1. The van der Waals surface area contributed by atoms with E-state index in [1.54, 1.807) is 0 Å². The molecular weight excluding hydrogens is 652 g/mol. The Balaban J connectivity index is 3.55. The quantitative estimate of drug-likeness (QED) is 0.0308. The van der Waals surface area contributed by atoms with Gasteiger partial charge in [-0.05, 0) is 26.2 Å². The Labute approximate surface area is 298 Å². The van der Waals surface area contributed by atoms with Crippen molar-refractivity contribution in [3.8, 4) is 0 Å². The van der Waals surface area contributed by atoms with Crippen molar-refractivity contribution in [1.82, 2.24) is 21.4 Å². The molecule has 0 aromatic rings. The third-order valence-electron chi connectivity index (χ3n) is 7.62. The summed E-state index contributed by atoms with van der Waals surface area (Å²) < 4.78 is 21.0. The zero-order valence-corrected chi connectivity index (χ0v) is 30.4. The largest absolute Gasteiger partial charge is 0.481 e. The molecule has 0 bridgehead atoms. The highest BCUT2D eigenvalue weighted by atomic mass is 16.5. The number of carboxylic acid groups (broad SMARTS) is 1. The molecule has 0 saturated carbocycles. The van der Waals surface area contributed by atoms with Gasteiger partial charge in [0.05, 0.1) is 39.6 Å². The van der Waals surface area contributed by atoms with Gasteiger partial charge >= 0.3 is 5.97 Å². The van der Waals surface area contributed by atoms with Crippen LogP contribution < -0.4 is 21.4 Å². The molecule has 0 saturated heterocycles. The predicted molar refractivity (Wildman–Crippen MR) is 188 cm³/mol. The average Bonchev–Trinajstić information content (AvgIpc) is 3.08. The van der Waals surface area contributed by atoms with Crippen molar-refractivity contribution in [2.24, 2.45) is 0 Å². The predicted octanol–water partition coefficient (Wildman–Crippen LogP) is 3.40. The molecule has 0 aliphatic rings. The Kier molecular flexibility index (Phi) is 34.2. The number of hydroxylamine groups is 1. The zero-order chi connectivity index (χ0) is 36.9. The van der Waals surface area contributed by atoms with Crippen molar-refractivity contribution in [1.29, 1.82) is 0 Å². The first-order valence-electron chi connectivity index (χ1n) is 18.5. The fourth-order valence-electron chi connectivity index (χ4n) is 4.88. The van der Waals surface area contributed by atoms with E-state index < -0.39 is 12.1 Å². The number of rotatable bonds is 38. The van der Waals surface area contributed by atoms with Crippen molar-refractivity contribution in [3.63, 3.8) is 0 Å². The van der Waals surface area contributed by atoms with Crippen LogP contribution in [0, 0.1) is 0 Å². The number of carbonyl (C=O) groups is 5. The second kappa shape index (κ2) is 36.1. The van der Waals surface area contributed by atoms with Gasteiger partial charge in [-0.3, -0.25) is 24.0 Å². The first kappa shape index (κ1) is 47.3. The van der Waals surface area contributed by atoms with Gasteiger partial charge in [0, 0.05) is 32.4 Å². The molecule has 292 valence electrons. The number of amides is 3. The Hall–Kier alpha value is -2.69. The SMILES string of the molecule is CC(=O)COCCOCCNC(=O)COCCOCCNC(=O)CCC(NO)NC(=O)CCCCCCCCCCCCCCCCC(=O)O. The van der Waals surface area contributed by atoms with Crippen molar-refractivity contribution in [2.75, 3.05) is 65.9 Å². The Morgan fingerprint density at radius 1 is 0.520 bits per heavy atom. The molecule has 6 N–H and O–H groups in total. The zero-order valence-electron chi connectivity index (χ0n) is 30.4. The third-order valence-corrected chi connectivity index (χ3v) is 7.62. The minimum absolute atomic E-state index is 0.0471. The first-order valence-corrected chi connectivity index (χ1v) is 18.5. The second-order valence-electron chi connectivity index (χ2n) is 12.4. The lowest BCUT2D eigenvalue weighted by Gasteiger charge is -2.17. The van der Waals surface area contributed by atoms with Crippen LogP contribution in [-0.2, 0) is 42.9 Å². The van der Waals surface area contributed by atoms with Crippen molar-refractivity contribution < 1.29 is 53.2 Å². The van der Waals surface area contributed by atoms with Crippen LogP contribution in [0.2, 0.25) is 0 Å². The molecule has 0 heterocycles. The summed E-state index contributed by atoms with van der Waals surface area (Å²) in [5, 5.41) is 26.1. The maximum Gasteiger partial charge on any atom is 0.303 e. The number of aliphatic carboxylic acids is 1. The van der Waals surface area contributed by atoms with Crippen LogP contribution in [0.15, 0.2) is 0 Å². The van der Waals surface area contributed by atoms with Gasteiger partial charge in [-0.15, -0.1) is 0 Å². The van der Waals surface area contributed by atoms with Crippen LogP contribution in [0.3, 0.4) is 0 Å². The Morgan fingerprint density at radius 3 is 1.44 bits per heavy atom. The summed E-state index contributed by atoms with van der Waals surface area (Å²) in [5.74, 6) is -1.42. The lowest BCUT2D eigenvalue weighted by Crippen LogP contribution is -2.44. The maximum atomic E-state index is 12.2. The standard InChI is InChI=1S/C35H66N4O11/c1-30(40)28-49-26-24-48-23-21-37-34(43)29-50-27-25-47-22-20-36-32(41)19-18-31(39-46)38-33(42)16-14-12-10-8-6-4-2-3-5-7-9-11-13-15-17-35(44)45/h31,39,46H,2-29H2,1H3,(H,36,41)(H,37,43)(H,38,42)(H,44,45). The molecule has 0 fully saturated rings.